The lowest BCUT2D eigenvalue weighted by atomic mass is 10.1. The van der Waals surface area contributed by atoms with Crippen LogP contribution in [0.3, 0.4) is 0 Å². The summed E-state index contributed by atoms with van der Waals surface area (Å²) in [5.41, 5.74) is 2.54. The van der Waals surface area contributed by atoms with Crippen molar-refractivity contribution >= 4 is 57.2 Å². The number of guanidine groups is 1. The number of aryl methyl sites for hydroxylation is 1. The minimum absolute atomic E-state index is 0. The van der Waals surface area contributed by atoms with E-state index < -0.39 is 0 Å². The highest BCUT2D eigenvalue weighted by Gasteiger charge is 2.38. The lowest BCUT2D eigenvalue weighted by Gasteiger charge is -2.11. The summed E-state index contributed by atoms with van der Waals surface area (Å²) in [6.07, 6.45) is 2.08. The van der Waals surface area contributed by atoms with E-state index in [4.69, 9.17) is 0 Å². The number of aliphatic imine (C=N–C) groups is 1. The number of thiazole rings is 1. The Morgan fingerprint density at radius 2 is 2.12 bits per heavy atom. The zero-order chi connectivity index (χ0) is 16.2. The molecule has 1 aliphatic carbocycles. The normalized spacial score (nSPS) is 19.5. The zero-order valence-corrected chi connectivity index (χ0v) is 18.5. The maximum atomic E-state index is 4.48. The zero-order valence-electron chi connectivity index (χ0n) is 13.8. The van der Waals surface area contributed by atoms with Gasteiger partial charge in [0, 0.05) is 41.8 Å². The smallest absolute Gasteiger partial charge is 0.191 e. The molecule has 1 aromatic heterocycles. The molecule has 1 aromatic carbocycles. The first kappa shape index (κ1) is 19.7. The molecule has 3 rings (SSSR count). The van der Waals surface area contributed by atoms with Crippen molar-refractivity contribution in [2.75, 3.05) is 13.6 Å². The van der Waals surface area contributed by atoms with Gasteiger partial charge in [-0.25, -0.2) is 4.98 Å². The van der Waals surface area contributed by atoms with E-state index in [1.807, 2.05) is 14.0 Å². The van der Waals surface area contributed by atoms with E-state index in [2.05, 4.69) is 66.2 Å². The van der Waals surface area contributed by atoms with Crippen molar-refractivity contribution in [1.82, 2.24) is 15.6 Å². The lowest BCUT2D eigenvalue weighted by Crippen LogP contribution is -2.39. The van der Waals surface area contributed by atoms with Crippen LogP contribution < -0.4 is 10.6 Å². The van der Waals surface area contributed by atoms with Crippen LogP contribution in [0.5, 0.6) is 0 Å². The Bertz CT molecular complexity index is 686. The largest absolute Gasteiger partial charge is 0.356 e. The molecule has 1 fully saturated rings. The molecule has 7 heteroatoms. The van der Waals surface area contributed by atoms with Crippen molar-refractivity contribution < 1.29 is 0 Å². The predicted octanol–water partition coefficient (Wildman–Crippen LogP) is 4.10. The fourth-order valence-corrected chi connectivity index (χ4v) is 3.55. The Morgan fingerprint density at radius 3 is 2.75 bits per heavy atom. The number of hydrogen-bond donors (Lipinski definition) is 2. The van der Waals surface area contributed by atoms with E-state index in [0.717, 1.165) is 40.5 Å². The monoisotopic (exact) mass is 520 g/mol. The van der Waals surface area contributed by atoms with Crippen molar-refractivity contribution in [3.05, 3.63) is 50.4 Å². The maximum Gasteiger partial charge on any atom is 0.191 e. The van der Waals surface area contributed by atoms with Crippen LogP contribution in [0.25, 0.3) is 0 Å². The molecule has 1 heterocycles. The van der Waals surface area contributed by atoms with Gasteiger partial charge in [0.25, 0.3) is 0 Å². The minimum Gasteiger partial charge on any atom is -0.356 e. The average Bonchev–Trinajstić information content (AvgIpc) is 3.19. The quantitative estimate of drug-likeness (QED) is 0.354. The van der Waals surface area contributed by atoms with Gasteiger partial charge in [0.05, 0.1) is 10.7 Å². The Morgan fingerprint density at radius 1 is 1.38 bits per heavy atom. The van der Waals surface area contributed by atoms with E-state index in [-0.39, 0.29) is 24.0 Å². The van der Waals surface area contributed by atoms with Gasteiger partial charge in [0.1, 0.15) is 0 Å². The first-order chi connectivity index (χ1) is 11.2. The molecule has 0 saturated heterocycles. The predicted molar refractivity (Wildman–Crippen MR) is 116 cm³/mol. The van der Waals surface area contributed by atoms with Crippen LogP contribution in [0.15, 0.2) is 39.1 Å². The number of aromatic nitrogens is 1. The van der Waals surface area contributed by atoms with Gasteiger partial charge in [-0.15, -0.1) is 35.3 Å². The number of nitrogens with zero attached hydrogens (tertiary/aromatic N) is 2. The maximum absolute atomic E-state index is 4.48. The topological polar surface area (TPSA) is 49.3 Å². The number of nitrogens with one attached hydrogen (secondary N) is 2. The summed E-state index contributed by atoms with van der Waals surface area (Å²) in [5, 5.41) is 10.1. The molecular weight excluding hydrogens is 499 g/mol. The molecule has 0 bridgehead atoms. The molecule has 4 nitrogen and oxygen atoms in total. The van der Waals surface area contributed by atoms with Crippen LogP contribution >= 0.6 is 51.2 Å². The fraction of sp³-hybridized carbons (Fsp3) is 0.412. The van der Waals surface area contributed by atoms with E-state index >= 15 is 0 Å². The van der Waals surface area contributed by atoms with E-state index in [1.54, 1.807) is 11.3 Å². The summed E-state index contributed by atoms with van der Waals surface area (Å²) in [4.78, 5) is 8.80. The fourth-order valence-electron chi connectivity index (χ4n) is 2.64. The Balaban J connectivity index is 0.00000208. The van der Waals surface area contributed by atoms with E-state index in [0.29, 0.717) is 12.0 Å². The number of rotatable bonds is 5. The molecular formula is C17H22BrIN4S. The van der Waals surface area contributed by atoms with Crippen LogP contribution in [0.1, 0.15) is 28.6 Å². The third-order valence-corrected chi connectivity index (χ3v) is 5.33. The summed E-state index contributed by atoms with van der Waals surface area (Å²) in [7, 11) is 1.82. The number of halogens is 2. The van der Waals surface area contributed by atoms with Crippen LogP contribution in [0.2, 0.25) is 0 Å². The summed E-state index contributed by atoms with van der Waals surface area (Å²) in [6.45, 7) is 2.88. The molecule has 130 valence electrons. The van der Waals surface area contributed by atoms with Gasteiger partial charge >= 0.3 is 0 Å². The van der Waals surface area contributed by atoms with Crippen LogP contribution in [0, 0.1) is 6.92 Å². The van der Waals surface area contributed by atoms with Gasteiger partial charge < -0.3 is 10.6 Å². The Labute approximate surface area is 172 Å². The highest BCUT2D eigenvalue weighted by molar-refractivity contribution is 14.0. The molecule has 0 amide bonds. The minimum atomic E-state index is 0. The average molecular weight is 521 g/mol. The molecule has 0 radical (unpaired) electrons. The van der Waals surface area contributed by atoms with Gasteiger partial charge in [-0.3, -0.25) is 4.99 Å². The second kappa shape index (κ2) is 9.15. The second-order valence-electron chi connectivity index (χ2n) is 5.75. The molecule has 0 aliphatic heterocycles. The number of benzene rings is 1. The van der Waals surface area contributed by atoms with Crippen molar-refractivity contribution in [1.29, 1.82) is 0 Å². The summed E-state index contributed by atoms with van der Waals surface area (Å²) < 4.78 is 1.13. The Hall–Kier alpha value is -0.670. The molecule has 24 heavy (non-hydrogen) atoms. The van der Waals surface area contributed by atoms with Crippen molar-refractivity contribution in [2.45, 2.75) is 31.7 Å². The van der Waals surface area contributed by atoms with E-state index in [9.17, 15) is 0 Å². The molecule has 1 aliphatic rings. The van der Waals surface area contributed by atoms with Gasteiger partial charge in [0.15, 0.2) is 5.96 Å². The van der Waals surface area contributed by atoms with Crippen LogP contribution in [-0.2, 0) is 6.42 Å². The van der Waals surface area contributed by atoms with Gasteiger partial charge in [-0.1, -0.05) is 28.1 Å². The second-order valence-corrected chi connectivity index (χ2v) is 7.73. The summed E-state index contributed by atoms with van der Waals surface area (Å²) >= 11 is 5.18. The summed E-state index contributed by atoms with van der Waals surface area (Å²) in [6, 6.07) is 9.07. The molecule has 2 N–H and O–H groups in total. The van der Waals surface area contributed by atoms with Crippen LogP contribution in [0.4, 0.5) is 0 Å². The SMILES string of the molecule is CN=C(NCCc1csc(C)n1)NC1CC1c1ccc(Br)cc1.I. The van der Waals surface area contributed by atoms with Crippen molar-refractivity contribution in [3.8, 4) is 0 Å². The summed E-state index contributed by atoms with van der Waals surface area (Å²) in [5.74, 6) is 1.46. The third-order valence-electron chi connectivity index (χ3n) is 3.97. The van der Waals surface area contributed by atoms with Crippen LogP contribution in [-0.4, -0.2) is 30.6 Å². The molecule has 0 spiro atoms. The Kier molecular flexibility index (Phi) is 7.49. The van der Waals surface area contributed by atoms with Crippen molar-refractivity contribution in [3.63, 3.8) is 0 Å². The standard InChI is InChI=1S/C17H21BrN4S.HI/c1-11-21-14(10-23-11)7-8-20-17(19-2)22-16-9-15(16)12-3-5-13(18)6-4-12;/h3-6,10,15-16H,7-9H2,1-2H3,(H2,19,20,22);1H. The molecule has 2 aromatic rings. The first-order valence-electron chi connectivity index (χ1n) is 7.79. The molecule has 2 atom stereocenters. The third kappa shape index (κ3) is 5.42. The lowest BCUT2D eigenvalue weighted by molar-refractivity contribution is 0.773. The van der Waals surface area contributed by atoms with Gasteiger partial charge in [0.2, 0.25) is 0 Å². The van der Waals surface area contributed by atoms with E-state index in [1.165, 1.54) is 5.56 Å². The highest BCUT2D eigenvalue weighted by Crippen LogP contribution is 2.40. The van der Waals surface area contributed by atoms with Gasteiger partial charge in [-0.2, -0.15) is 0 Å². The molecule has 1 saturated carbocycles. The van der Waals surface area contributed by atoms with Crippen molar-refractivity contribution in [2.24, 2.45) is 4.99 Å². The molecule has 2 unspecified atom stereocenters. The van der Waals surface area contributed by atoms with Gasteiger partial charge in [-0.05, 0) is 31.0 Å². The first-order valence-corrected chi connectivity index (χ1v) is 9.46. The highest BCUT2D eigenvalue weighted by atomic mass is 127. The number of hydrogen-bond acceptors (Lipinski definition) is 3.